The first-order valence-electron chi connectivity index (χ1n) is 7.06. The Morgan fingerprint density at radius 3 is 1.35 bits per heavy atom. The molecule has 1 nitrogen and oxygen atoms in total. The van der Waals surface area contributed by atoms with Gasteiger partial charge in [-0.1, -0.05) is 41.5 Å². The smallest absolute Gasteiger partial charge is 0.0125 e. The van der Waals surface area contributed by atoms with Gasteiger partial charge in [0.15, 0.2) is 0 Å². The summed E-state index contributed by atoms with van der Waals surface area (Å²) >= 11 is 0. The van der Waals surface area contributed by atoms with Crippen LogP contribution < -0.4 is 0 Å². The largest absolute Gasteiger partial charge is 0.298 e. The molecule has 17 heavy (non-hydrogen) atoms. The van der Waals surface area contributed by atoms with E-state index in [2.05, 4.69) is 67.2 Å². The van der Waals surface area contributed by atoms with Crippen LogP contribution in [0.4, 0.5) is 0 Å². The highest BCUT2D eigenvalue weighted by atomic mass is 15.2. The molecule has 1 aliphatic rings. The predicted octanol–water partition coefficient (Wildman–Crippen LogP) is 4.57. The molecule has 1 heteroatoms. The fourth-order valence-corrected chi connectivity index (χ4v) is 3.73. The number of likely N-dealkylation sites (tertiary alicyclic amines) is 1. The van der Waals surface area contributed by atoms with Crippen LogP contribution >= 0.6 is 0 Å². The molecule has 102 valence electrons. The third kappa shape index (κ3) is 2.54. The highest BCUT2D eigenvalue weighted by Crippen LogP contribution is 2.57. The van der Waals surface area contributed by atoms with E-state index < -0.39 is 0 Å². The number of nitrogens with zero attached hydrogens (tertiary/aromatic N) is 1. The molecule has 0 aliphatic carbocycles. The van der Waals surface area contributed by atoms with E-state index in [4.69, 9.17) is 0 Å². The van der Waals surface area contributed by atoms with Crippen LogP contribution in [-0.2, 0) is 0 Å². The lowest BCUT2D eigenvalue weighted by Crippen LogP contribution is -2.50. The van der Waals surface area contributed by atoms with Crippen LogP contribution in [-0.4, -0.2) is 23.5 Å². The fourth-order valence-electron chi connectivity index (χ4n) is 3.73. The highest BCUT2D eigenvalue weighted by molar-refractivity contribution is 5.05. The van der Waals surface area contributed by atoms with Crippen LogP contribution in [0.5, 0.6) is 0 Å². The molecule has 1 aliphatic heterocycles. The van der Waals surface area contributed by atoms with Crippen molar-refractivity contribution in [3.8, 4) is 0 Å². The van der Waals surface area contributed by atoms with Gasteiger partial charge >= 0.3 is 0 Å². The van der Waals surface area contributed by atoms with Gasteiger partial charge in [0.1, 0.15) is 0 Å². The van der Waals surface area contributed by atoms with E-state index in [1.165, 1.54) is 19.5 Å². The highest BCUT2D eigenvalue weighted by Gasteiger charge is 2.54. The summed E-state index contributed by atoms with van der Waals surface area (Å²) < 4.78 is 0. The predicted molar refractivity (Wildman–Crippen MR) is 77.3 cm³/mol. The van der Waals surface area contributed by atoms with E-state index in [0.717, 1.165) is 0 Å². The summed E-state index contributed by atoms with van der Waals surface area (Å²) in [5.74, 6) is 0. The summed E-state index contributed by atoms with van der Waals surface area (Å²) in [5, 5.41) is 0. The Hall–Kier alpha value is -0.0400. The molecule has 1 heterocycles. The molecule has 0 amide bonds. The van der Waals surface area contributed by atoms with Gasteiger partial charge < -0.3 is 0 Å². The van der Waals surface area contributed by atoms with Crippen LogP contribution in [0, 0.1) is 16.2 Å². The van der Waals surface area contributed by atoms with E-state index in [9.17, 15) is 0 Å². The Kier molecular flexibility index (Phi) is 3.52. The van der Waals surface area contributed by atoms with Crippen LogP contribution in [0.2, 0.25) is 0 Å². The first-order valence-corrected chi connectivity index (χ1v) is 7.06. The lowest BCUT2D eigenvalue weighted by atomic mass is 9.53. The van der Waals surface area contributed by atoms with E-state index in [0.29, 0.717) is 21.8 Å². The molecule has 0 aromatic heterocycles. The quantitative estimate of drug-likeness (QED) is 0.598. The molecule has 1 rings (SSSR count). The lowest BCUT2D eigenvalue weighted by molar-refractivity contribution is -0.0292. The lowest BCUT2D eigenvalue weighted by Gasteiger charge is -2.52. The number of rotatable bonds is 0. The Labute approximate surface area is 109 Å². The average Bonchev–Trinajstić information content (AvgIpc) is 2.43. The number of hydrogen-bond donors (Lipinski definition) is 0. The molecular weight excluding hydrogens is 206 g/mol. The zero-order valence-electron chi connectivity index (χ0n) is 13.6. The van der Waals surface area contributed by atoms with Gasteiger partial charge in [-0.25, -0.2) is 0 Å². The zero-order valence-corrected chi connectivity index (χ0v) is 13.6. The second-order valence-electron chi connectivity index (χ2n) is 8.92. The minimum absolute atomic E-state index is 0.304. The Balaban J connectivity index is 3.08. The average molecular weight is 239 g/mol. The maximum absolute atomic E-state index is 2.67. The second-order valence-corrected chi connectivity index (χ2v) is 8.92. The Bertz CT molecular complexity index is 255. The maximum Gasteiger partial charge on any atom is 0.0125 e. The molecule has 0 aromatic rings. The SMILES string of the molecule is CC(C)(C)N1CCC(C(C)(C)C)(C(C)(C)C)C1. The van der Waals surface area contributed by atoms with Gasteiger partial charge in [0, 0.05) is 12.1 Å². The summed E-state index contributed by atoms with van der Waals surface area (Å²) in [6, 6.07) is 0. The monoisotopic (exact) mass is 239 g/mol. The number of hydrogen-bond acceptors (Lipinski definition) is 1. The molecule has 0 bridgehead atoms. The summed E-state index contributed by atoms with van der Waals surface area (Å²) in [4.78, 5) is 2.67. The van der Waals surface area contributed by atoms with Gasteiger partial charge in [-0.3, -0.25) is 4.90 Å². The van der Waals surface area contributed by atoms with Gasteiger partial charge in [-0.15, -0.1) is 0 Å². The molecule has 0 aromatic carbocycles. The second kappa shape index (κ2) is 3.98. The first-order chi connectivity index (χ1) is 7.31. The standard InChI is InChI=1S/C16H33N/c1-13(2,3)16(14(4,5)6)10-11-17(12-16)15(7,8)9/h10-12H2,1-9H3. The third-order valence-corrected chi connectivity index (χ3v) is 5.09. The van der Waals surface area contributed by atoms with Crippen molar-refractivity contribution in [2.75, 3.05) is 13.1 Å². The molecule has 0 atom stereocenters. The van der Waals surface area contributed by atoms with Crippen molar-refractivity contribution in [2.45, 2.75) is 74.3 Å². The van der Waals surface area contributed by atoms with Crippen molar-refractivity contribution in [2.24, 2.45) is 16.2 Å². The first kappa shape index (κ1) is 15.0. The molecular formula is C16H33N. The van der Waals surface area contributed by atoms with Crippen molar-refractivity contribution in [3.05, 3.63) is 0 Å². The fraction of sp³-hybridized carbons (Fsp3) is 1.00. The summed E-state index contributed by atoms with van der Waals surface area (Å²) in [6.45, 7) is 24.0. The van der Waals surface area contributed by atoms with E-state index in [-0.39, 0.29) is 0 Å². The van der Waals surface area contributed by atoms with Crippen molar-refractivity contribution in [1.82, 2.24) is 4.90 Å². The van der Waals surface area contributed by atoms with Gasteiger partial charge in [-0.2, -0.15) is 0 Å². The van der Waals surface area contributed by atoms with Crippen LogP contribution in [0.1, 0.15) is 68.7 Å². The van der Waals surface area contributed by atoms with E-state index in [1.54, 1.807) is 0 Å². The van der Waals surface area contributed by atoms with E-state index >= 15 is 0 Å². The summed E-state index contributed by atoms with van der Waals surface area (Å²) in [5.41, 5.74) is 1.46. The van der Waals surface area contributed by atoms with Crippen molar-refractivity contribution in [1.29, 1.82) is 0 Å². The van der Waals surface area contributed by atoms with Gasteiger partial charge in [0.25, 0.3) is 0 Å². The van der Waals surface area contributed by atoms with Crippen molar-refractivity contribution in [3.63, 3.8) is 0 Å². The summed E-state index contributed by atoms with van der Waals surface area (Å²) in [7, 11) is 0. The van der Waals surface area contributed by atoms with Gasteiger partial charge in [0.2, 0.25) is 0 Å². The van der Waals surface area contributed by atoms with Crippen LogP contribution in [0.15, 0.2) is 0 Å². The van der Waals surface area contributed by atoms with Crippen LogP contribution in [0.3, 0.4) is 0 Å². The molecule has 0 N–H and O–H groups in total. The molecule has 0 unspecified atom stereocenters. The minimum atomic E-state index is 0.304. The molecule has 1 fully saturated rings. The molecule has 0 saturated carbocycles. The summed E-state index contributed by atoms with van der Waals surface area (Å²) in [6.07, 6.45) is 1.33. The van der Waals surface area contributed by atoms with Crippen molar-refractivity contribution < 1.29 is 0 Å². The third-order valence-electron chi connectivity index (χ3n) is 5.09. The minimum Gasteiger partial charge on any atom is -0.298 e. The van der Waals surface area contributed by atoms with E-state index in [1.807, 2.05) is 0 Å². The molecule has 1 saturated heterocycles. The molecule has 0 spiro atoms. The van der Waals surface area contributed by atoms with Crippen molar-refractivity contribution >= 4 is 0 Å². The van der Waals surface area contributed by atoms with Gasteiger partial charge in [0.05, 0.1) is 0 Å². The molecule has 0 radical (unpaired) electrons. The van der Waals surface area contributed by atoms with Crippen LogP contribution in [0.25, 0.3) is 0 Å². The Morgan fingerprint density at radius 1 is 0.765 bits per heavy atom. The zero-order chi connectivity index (χ0) is 13.7. The Morgan fingerprint density at radius 2 is 1.18 bits per heavy atom. The maximum atomic E-state index is 2.67. The normalized spacial score (nSPS) is 23.1. The van der Waals surface area contributed by atoms with Gasteiger partial charge in [-0.05, 0) is 50.0 Å². The topological polar surface area (TPSA) is 3.24 Å².